The third-order valence-corrected chi connectivity index (χ3v) is 4.73. The molecule has 2 aliphatic heterocycles. The number of ether oxygens (including phenoxy) is 4. The van der Waals surface area contributed by atoms with Crippen molar-refractivity contribution < 1.29 is 33.3 Å². The predicted octanol–water partition coefficient (Wildman–Crippen LogP) is 1.31. The highest BCUT2D eigenvalue weighted by Crippen LogP contribution is 2.38. The zero-order valence-corrected chi connectivity index (χ0v) is 16.0. The molecule has 1 aromatic carbocycles. The normalized spacial score (nSPS) is 19.3. The van der Waals surface area contributed by atoms with Crippen LogP contribution in [0, 0.1) is 0 Å². The molecule has 150 valence electrons. The van der Waals surface area contributed by atoms with Gasteiger partial charge in [-0.25, -0.2) is 9.69 Å². The minimum atomic E-state index is -0.641. The summed E-state index contributed by atoms with van der Waals surface area (Å²) in [5.74, 6) is 0.869. The molecule has 2 aliphatic rings. The van der Waals surface area contributed by atoms with E-state index in [9.17, 15) is 14.4 Å². The number of carbonyl (C=O) groups excluding carboxylic acids is 3. The standard InChI is InChI=1S/C19H22N2O7/c1-25-14-8-12(9-15(26-2)18(14)27-3)4-5-16(22)20-7-6-13(10-20)21-17(23)11-28-19(21)24/h4-5,8-9,13H,6-7,10-11H2,1-3H3/b5-4+. The lowest BCUT2D eigenvalue weighted by atomic mass is 10.1. The van der Waals surface area contributed by atoms with Gasteiger partial charge in [-0.1, -0.05) is 0 Å². The Labute approximate surface area is 162 Å². The summed E-state index contributed by atoms with van der Waals surface area (Å²) in [6.07, 6.45) is 2.98. The first-order valence-electron chi connectivity index (χ1n) is 8.74. The molecule has 0 radical (unpaired) electrons. The molecule has 0 saturated carbocycles. The molecular formula is C19H22N2O7. The van der Waals surface area contributed by atoms with E-state index in [0.717, 1.165) is 4.90 Å². The maximum absolute atomic E-state index is 12.5. The summed E-state index contributed by atoms with van der Waals surface area (Å²) >= 11 is 0. The first kappa shape index (κ1) is 19.5. The second-order valence-corrected chi connectivity index (χ2v) is 6.34. The van der Waals surface area contributed by atoms with Gasteiger partial charge in [0.25, 0.3) is 5.91 Å². The van der Waals surface area contributed by atoms with E-state index in [0.29, 0.717) is 42.3 Å². The first-order valence-corrected chi connectivity index (χ1v) is 8.74. The number of nitrogens with zero attached hydrogens (tertiary/aromatic N) is 2. The summed E-state index contributed by atoms with van der Waals surface area (Å²) in [6.45, 7) is 0.518. The Kier molecular flexibility index (Phi) is 5.72. The van der Waals surface area contributed by atoms with Gasteiger partial charge in [0.2, 0.25) is 11.7 Å². The van der Waals surface area contributed by atoms with Crippen molar-refractivity contribution in [3.05, 3.63) is 23.8 Å². The van der Waals surface area contributed by atoms with Crippen molar-refractivity contribution in [2.75, 3.05) is 41.0 Å². The zero-order valence-electron chi connectivity index (χ0n) is 16.0. The van der Waals surface area contributed by atoms with Crippen LogP contribution in [0.1, 0.15) is 12.0 Å². The van der Waals surface area contributed by atoms with Crippen LogP contribution in [0.4, 0.5) is 4.79 Å². The van der Waals surface area contributed by atoms with E-state index in [4.69, 9.17) is 18.9 Å². The van der Waals surface area contributed by atoms with Gasteiger partial charge < -0.3 is 23.8 Å². The van der Waals surface area contributed by atoms with Gasteiger partial charge in [-0.05, 0) is 30.2 Å². The fraction of sp³-hybridized carbons (Fsp3) is 0.421. The van der Waals surface area contributed by atoms with Crippen molar-refractivity contribution in [2.45, 2.75) is 12.5 Å². The molecule has 9 heteroatoms. The molecule has 0 spiro atoms. The summed E-state index contributed by atoms with van der Waals surface area (Å²) in [7, 11) is 4.56. The fourth-order valence-corrected chi connectivity index (χ4v) is 3.34. The quantitative estimate of drug-likeness (QED) is 0.676. The van der Waals surface area contributed by atoms with E-state index in [1.54, 1.807) is 23.1 Å². The lowest BCUT2D eigenvalue weighted by Gasteiger charge is -2.19. The van der Waals surface area contributed by atoms with Gasteiger partial charge in [0.15, 0.2) is 18.1 Å². The Morgan fingerprint density at radius 2 is 1.82 bits per heavy atom. The first-order chi connectivity index (χ1) is 13.5. The lowest BCUT2D eigenvalue weighted by molar-refractivity contribution is -0.128. The van der Waals surface area contributed by atoms with Crippen molar-refractivity contribution in [1.29, 1.82) is 0 Å². The molecule has 2 heterocycles. The number of likely N-dealkylation sites (tertiary alicyclic amines) is 1. The maximum Gasteiger partial charge on any atom is 0.417 e. The molecule has 9 nitrogen and oxygen atoms in total. The van der Waals surface area contributed by atoms with Crippen molar-refractivity contribution >= 4 is 24.0 Å². The molecule has 0 N–H and O–H groups in total. The Hall–Kier alpha value is -3.23. The monoisotopic (exact) mass is 390 g/mol. The molecule has 3 amide bonds. The van der Waals surface area contributed by atoms with Gasteiger partial charge in [0, 0.05) is 19.2 Å². The summed E-state index contributed by atoms with van der Waals surface area (Å²) in [4.78, 5) is 38.6. The van der Waals surface area contributed by atoms with Gasteiger partial charge in [0.1, 0.15) is 0 Å². The van der Waals surface area contributed by atoms with Crippen LogP contribution in [0.2, 0.25) is 0 Å². The second kappa shape index (κ2) is 8.20. The van der Waals surface area contributed by atoms with Gasteiger partial charge in [-0.2, -0.15) is 0 Å². The van der Waals surface area contributed by atoms with E-state index < -0.39 is 6.09 Å². The van der Waals surface area contributed by atoms with E-state index in [-0.39, 0.29) is 24.5 Å². The number of carbonyl (C=O) groups is 3. The van der Waals surface area contributed by atoms with Crippen LogP contribution in [-0.2, 0) is 14.3 Å². The lowest BCUT2D eigenvalue weighted by Crippen LogP contribution is -2.41. The summed E-state index contributed by atoms with van der Waals surface area (Å²) < 4.78 is 20.6. The van der Waals surface area contributed by atoms with E-state index in [1.807, 2.05) is 0 Å². The van der Waals surface area contributed by atoms with E-state index >= 15 is 0 Å². The second-order valence-electron chi connectivity index (χ2n) is 6.34. The Bertz CT molecular complexity index is 779. The van der Waals surface area contributed by atoms with Crippen LogP contribution in [0.25, 0.3) is 6.08 Å². The zero-order chi connectivity index (χ0) is 20.3. The highest BCUT2D eigenvalue weighted by molar-refractivity contribution is 5.98. The Morgan fingerprint density at radius 1 is 1.14 bits per heavy atom. The summed E-state index contributed by atoms with van der Waals surface area (Å²) in [5.41, 5.74) is 0.705. The van der Waals surface area contributed by atoms with Crippen LogP contribution in [0.5, 0.6) is 17.2 Å². The number of rotatable bonds is 6. The van der Waals surface area contributed by atoms with Crippen LogP contribution < -0.4 is 14.2 Å². The van der Waals surface area contributed by atoms with Crippen LogP contribution in [-0.4, -0.2) is 74.8 Å². The molecule has 2 saturated heterocycles. The molecule has 0 aromatic heterocycles. The van der Waals surface area contributed by atoms with Crippen molar-refractivity contribution in [2.24, 2.45) is 0 Å². The number of cyclic esters (lactones) is 1. The maximum atomic E-state index is 12.5. The molecule has 0 bridgehead atoms. The third kappa shape index (κ3) is 3.73. The topological polar surface area (TPSA) is 94.6 Å². The number of benzene rings is 1. The predicted molar refractivity (Wildman–Crippen MR) is 98.3 cm³/mol. The number of hydrogen-bond acceptors (Lipinski definition) is 7. The minimum absolute atomic E-state index is 0.212. The minimum Gasteiger partial charge on any atom is -0.493 e. The third-order valence-electron chi connectivity index (χ3n) is 4.73. The van der Waals surface area contributed by atoms with Crippen molar-refractivity contribution in [1.82, 2.24) is 9.80 Å². The van der Waals surface area contributed by atoms with E-state index in [2.05, 4.69) is 0 Å². The van der Waals surface area contributed by atoms with Gasteiger partial charge in [-0.3, -0.25) is 9.59 Å². The number of imide groups is 1. The fourth-order valence-electron chi connectivity index (χ4n) is 3.34. The van der Waals surface area contributed by atoms with Gasteiger partial charge in [-0.15, -0.1) is 0 Å². The van der Waals surface area contributed by atoms with Crippen LogP contribution >= 0.6 is 0 Å². The average Bonchev–Trinajstić information content (AvgIpc) is 3.31. The summed E-state index contributed by atoms with van der Waals surface area (Å²) in [5, 5.41) is 0. The van der Waals surface area contributed by atoms with Crippen molar-refractivity contribution in [3.63, 3.8) is 0 Å². The number of hydrogen-bond donors (Lipinski definition) is 0. The molecule has 3 rings (SSSR count). The van der Waals surface area contributed by atoms with Crippen molar-refractivity contribution in [3.8, 4) is 17.2 Å². The SMILES string of the molecule is COc1cc(/C=C/C(=O)N2CCC(N3C(=O)COC3=O)C2)cc(OC)c1OC. The average molecular weight is 390 g/mol. The summed E-state index contributed by atoms with van der Waals surface area (Å²) in [6, 6.07) is 3.12. The highest BCUT2D eigenvalue weighted by Gasteiger charge is 2.40. The van der Waals surface area contributed by atoms with E-state index in [1.165, 1.54) is 27.4 Å². The smallest absolute Gasteiger partial charge is 0.417 e. The highest BCUT2D eigenvalue weighted by atomic mass is 16.6. The molecule has 1 atom stereocenters. The number of methoxy groups -OCH3 is 3. The molecule has 0 aliphatic carbocycles. The number of amides is 3. The molecular weight excluding hydrogens is 368 g/mol. The van der Waals surface area contributed by atoms with Gasteiger partial charge >= 0.3 is 6.09 Å². The van der Waals surface area contributed by atoms with Gasteiger partial charge in [0.05, 0.1) is 27.4 Å². The van der Waals surface area contributed by atoms with Crippen LogP contribution in [0.3, 0.4) is 0 Å². The Balaban J connectivity index is 1.69. The largest absolute Gasteiger partial charge is 0.493 e. The molecule has 1 aromatic rings. The molecule has 2 fully saturated rings. The Morgan fingerprint density at radius 3 is 2.36 bits per heavy atom. The molecule has 1 unspecified atom stereocenters. The molecule has 28 heavy (non-hydrogen) atoms. The van der Waals surface area contributed by atoms with Crippen LogP contribution in [0.15, 0.2) is 18.2 Å².